The van der Waals surface area contributed by atoms with Crippen molar-refractivity contribution in [1.82, 2.24) is 4.98 Å². The maximum Gasteiger partial charge on any atom is 0.341 e. The first kappa shape index (κ1) is 15.3. The predicted molar refractivity (Wildman–Crippen MR) is 86.8 cm³/mol. The molecule has 0 bridgehead atoms. The normalized spacial score (nSPS) is 10.2. The van der Waals surface area contributed by atoms with E-state index >= 15 is 0 Å². The summed E-state index contributed by atoms with van der Waals surface area (Å²) in [4.78, 5) is 16.2. The SMILES string of the molecule is CCOC(=O)c1cc(N)cnc1Nc1cccc(Br)c1C. The molecule has 0 aliphatic carbocycles. The van der Waals surface area contributed by atoms with Crippen LogP contribution in [0.5, 0.6) is 0 Å². The maximum atomic E-state index is 12.0. The molecule has 2 aromatic rings. The van der Waals surface area contributed by atoms with Crippen LogP contribution in [0.4, 0.5) is 17.2 Å². The first-order chi connectivity index (χ1) is 10.0. The fraction of sp³-hybridized carbons (Fsp3) is 0.200. The number of carbonyl (C=O) groups excluding carboxylic acids is 1. The Balaban J connectivity index is 2.40. The van der Waals surface area contributed by atoms with Crippen LogP contribution in [0.1, 0.15) is 22.8 Å². The van der Waals surface area contributed by atoms with E-state index in [1.807, 2.05) is 25.1 Å². The number of aromatic nitrogens is 1. The fourth-order valence-electron chi connectivity index (χ4n) is 1.82. The summed E-state index contributed by atoms with van der Waals surface area (Å²) >= 11 is 3.47. The highest BCUT2D eigenvalue weighted by Crippen LogP contribution is 2.27. The van der Waals surface area contributed by atoms with Crippen molar-refractivity contribution < 1.29 is 9.53 Å². The lowest BCUT2D eigenvalue weighted by molar-refractivity contribution is 0.0527. The van der Waals surface area contributed by atoms with Gasteiger partial charge in [0, 0.05) is 10.2 Å². The molecule has 0 unspecified atom stereocenters. The molecule has 0 aliphatic heterocycles. The van der Waals surface area contributed by atoms with Gasteiger partial charge in [0.15, 0.2) is 0 Å². The largest absolute Gasteiger partial charge is 0.462 e. The van der Waals surface area contributed by atoms with Crippen LogP contribution in [0.15, 0.2) is 34.9 Å². The third-order valence-electron chi connectivity index (χ3n) is 2.92. The van der Waals surface area contributed by atoms with Crippen LogP contribution in [-0.4, -0.2) is 17.6 Å². The second-order valence-corrected chi connectivity index (χ2v) is 5.28. The van der Waals surface area contributed by atoms with Gasteiger partial charge in [-0.1, -0.05) is 22.0 Å². The number of anilines is 3. The van der Waals surface area contributed by atoms with E-state index in [1.54, 1.807) is 13.0 Å². The van der Waals surface area contributed by atoms with E-state index in [-0.39, 0.29) is 0 Å². The van der Waals surface area contributed by atoms with Crippen molar-refractivity contribution in [3.8, 4) is 0 Å². The van der Waals surface area contributed by atoms with E-state index in [1.165, 1.54) is 6.20 Å². The quantitative estimate of drug-likeness (QED) is 0.823. The number of ether oxygens (including phenoxy) is 1. The third-order valence-corrected chi connectivity index (χ3v) is 3.78. The summed E-state index contributed by atoms with van der Waals surface area (Å²) in [6, 6.07) is 7.32. The van der Waals surface area contributed by atoms with Crippen molar-refractivity contribution in [3.63, 3.8) is 0 Å². The fourth-order valence-corrected chi connectivity index (χ4v) is 2.18. The molecule has 0 saturated heterocycles. The number of carbonyl (C=O) groups is 1. The summed E-state index contributed by atoms with van der Waals surface area (Å²) in [6.07, 6.45) is 1.50. The minimum Gasteiger partial charge on any atom is -0.462 e. The van der Waals surface area contributed by atoms with Crippen molar-refractivity contribution in [2.24, 2.45) is 0 Å². The lowest BCUT2D eigenvalue weighted by atomic mass is 10.2. The Labute approximate surface area is 131 Å². The molecule has 1 aromatic carbocycles. The van der Waals surface area contributed by atoms with Crippen LogP contribution >= 0.6 is 15.9 Å². The number of hydrogen-bond acceptors (Lipinski definition) is 5. The van der Waals surface area contributed by atoms with Gasteiger partial charge in [-0.25, -0.2) is 9.78 Å². The number of pyridine rings is 1. The molecule has 0 amide bonds. The molecule has 2 rings (SSSR count). The van der Waals surface area contributed by atoms with Crippen molar-refractivity contribution in [2.45, 2.75) is 13.8 Å². The van der Waals surface area contributed by atoms with E-state index < -0.39 is 5.97 Å². The van der Waals surface area contributed by atoms with Gasteiger partial charge in [-0.2, -0.15) is 0 Å². The van der Waals surface area contributed by atoms with Crippen LogP contribution in [0, 0.1) is 6.92 Å². The minimum absolute atomic E-state index is 0.295. The van der Waals surface area contributed by atoms with Crippen molar-refractivity contribution in [1.29, 1.82) is 0 Å². The van der Waals surface area contributed by atoms with Crippen LogP contribution in [0.25, 0.3) is 0 Å². The lowest BCUT2D eigenvalue weighted by Gasteiger charge is -2.13. The average Bonchev–Trinajstić information content (AvgIpc) is 2.46. The Kier molecular flexibility index (Phi) is 4.80. The number of nitrogens with zero attached hydrogens (tertiary/aromatic N) is 1. The smallest absolute Gasteiger partial charge is 0.341 e. The standard InChI is InChI=1S/C15H16BrN3O2/c1-3-21-15(20)11-7-10(17)8-18-14(11)19-13-6-4-5-12(16)9(13)2/h4-8H,3,17H2,1-2H3,(H,18,19). The minimum atomic E-state index is -0.451. The van der Waals surface area contributed by atoms with Crippen molar-refractivity contribution in [3.05, 3.63) is 46.1 Å². The molecule has 1 aromatic heterocycles. The van der Waals surface area contributed by atoms with E-state index in [0.29, 0.717) is 23.7 Å². The molecule has 0 spiro atoms. The number of rotatable bonds is 4. The van der Waals surface area contributed by atoms with Gasteiger partial charge in [-0.05, 0) is 37.6 Å². The summed E-state index contributed by atoms with van der Waals surface area (Å²) in [5, 5.41) is 3.15. The predicted octanol–water partition coefficient (Wildman–Crippen LogP) is 3.66. The summed E-state index contributed by atoms with van der Waals surface area (Å²) in [6.45, 7) is 4.01. The zero-order valence-electron chi connectivity index (χ0n) is 11.8. The van der Waals surface area contributed by atoms with Gasteiger partial charge in [-0.15, -0.1) is 0 Å². The van der Waals surface area contributed by atoms with Crippen LogP contribution in [0.3, 0.4) is 0 Å². The van der Waals surface area contributed by atoms with Crippen LogP contribution < -0.4 is 11.1 Å². The molecule has 0 radical (unpaired) electrons. The summed E-state index contributed by atoms with van der Waals surface area (Å²) in [5.74, 6) is -0.0312. The molecule has 6 heteroatoms. The maximum absolute atomic E-state index is 12.0. The first-order valence-corrected chi connectivity index (χ1v) is 7.27. The molecule has 5 nitrogen and oxygen atoms in total. The summed E-state index contributed by atoms with van der Waals surface area (Å²) < 4.78 is 6.00. The van der Waals surface area contributed by atoms with E-state index in [4.69, 9.17) is 10.5 Å². The molecule has 1 heterocycles. The van der Waals surface area contributed by atoms with E-state index in [2.05, 4.69) is 26.2 Å². The molecule has 0 aliphatic rings. The topological polar surface area (TPSA) is 77.2 Å². The van der Waals surface area contributed by atoms with Crippen LogP contribution in [-0.2, 0) is 4.74 Å². The van der Waals surface area contributed by atoms with Gasteiger partial charge in [0.25, 0.3) is 0 Å². The molecular weight excluding hydrogens is 334 g/mol. The van der Waals surface area contributed by atoms with Gasteiger partial charge >= 0.3 is 5.97 Å². The number of hydrogen-bond donors (Lipinski definition) is 2. The second-order valence-electron chi connectivity index (χ2n) is 4.42. The summed E-state index contributed by atoms with van der Waals surface area (Å²) in [7, 11) is 0. The van der Waals surface area contributed by atoms with Crippen molar-refractivity contribution >= 4 is 39.1 Å². The zero-order valence-corrected chi connectivity index (χ0v) is 13.4. The number of benzene rings is 1. The molecular formula is C15H16BrN3O2. The Bertz CT molecular complexity index is 674. The van der Waals surface area contributed by atoms with Gasteiger partial charge in [0.2, 0.25) is 0 Å². The lowest BCUT2D eigenvalue weighted by Crippen LogP contribution is -2.10. The number of nitrogens with two attached hydrogens (primary N) is 1. The average molecular weight is 350 g/mol. The Morgan fingerprint density at radius 2 is 2.24 bits per heavy atom. The van der Waals surface area contributed by atoms with Gasteiger partial charge in [0.1, 0.15) is 11.4 Å². The van der Waals surface area contributed by atoms with E-state index in [0.717, 1.165) is 15.7 Å². The molecule has 0 fully saturated rings. The molecule has 21 heavy (non-hydrogen) atoms. The highest BCUT2D eigenvalue weighted by Gasteiger charge is 2.15. The van der Waals surface area contributed by atoms with Crippen molar-refractivity contribution in [2.75, 3.05) is 17.7 Å². The van der Waals surface area contributed by atoms with Gasteiger partial charge < -0.3 is 15.8 Å². The first-order valence-electron chi connectivity index (χ1n) is 6.47. The molecule has 0 atom stereocenters. The highest BCUT2D eigenvalue weighted by atomic mass is 79.9. The second kappa shape index (κ2) is 6.58. The highest BCUT2D eigenvalue weighted by molar-refractivity contribution is 9.10. The number of nitrogen functional groups attached to an aromatic ring is 1. The molecule has 110 valence electrons. The Morgan fingerprint density at radius 3 is 2.95 bits per heavy atom. The van der Waals surface area contributed by atoms with Gasteiger partial charge in [0.05, 0.1) is 18.5 Å². The van der Waals surface area contributed by atoms with Gasteiger partial charge in [-0.3, -0.25) is 0 Å². The Hall–Kier alpha value is -2.08. The van der Waals surface area contributed by atoms with Crippen LogP contribution in [0.2, 0.25) is 0 Å². The van der Waals surface area contributed by atoms with E-state index in [9.17, 15) is 4.79 Å². The number of nitrogens with one attached hydrogen (secondary N) is 1. The monoisotopic (exact) mass is 349 g/mol. The third kappa shape index (κ3) is 3.52. The number of halogens is 1. The molecule has 0 saturated carbocycles. The molecule has 3 N–H and O–H groups in total. The number of esters is 1. The summed E-state index contributed by atoms with van der Waals surface area (Å²) in [5.41, 5.74) is 8.30. The Morgan fingerprint density at radius 1 is 1.48 bits per heavy atom. The zero-order chi connectivity index (χ0) is 15.4.